The Labute approximate surface area is 193 Å². The van der Waals surface area contributed by atoms with Gasteiger partial charge in [-0.15, -0.1) is 22.7 Å². The third-order valence-corrected chi connectivity index (χ3v) is 8.30. The van der Waals surface area contributed by atoms with Gasteiger partial charge in [-0.3, -0.25) is 9.59 Å². The summed E-state index contributed by atoms with van der Waals surface area (Å²) in [6.07, 6.45) is 4.78. The van der Waals surface area contributed by atoms with Crippen molar-refractivity contribution < 1.29 is 14.3 Å². The van der Waals surface area contributed by atoms with Crippen molar-refractivity contribution in [1.82, 2.24) is 10.3 Å². The summed E-state index contributed by atoms with van der Waals surface area (Å²) in [6, 6.07) is 2.00. The van der Waals surface area contributed by atoms with Crippen LogP contribution in [0.4, 0.5) is 5.00 Å². The Balaban J connectivity index is 1.57. The zero-order chi connectivity index (χ0) is 21.8. The number of amides is 2. The molecule has 2 N–H and O–H groups in total. The van der Waals surface area contributed by atoms with Gasteiger partial charge in [0, 0.05) is 36.1 Å². The maximum atomic E-state index is 13.1. The lowest BCUT2D eigenvalue weighted by Crippen LogP contribution is -2.27. The number of aryl methyl sites for hydroxylation is 2. The molecule has 6 nitrogen and oxygen atoms in total. The zero-order valence-corrected chi connectivity index (χ0v) is 20.0. The van der Waals surface area contributed by atoms with E-state index in [4.69, 9.17) is 4.74 Å². The van der Waals surface area contributed by atoms with Gasteiger partial charge < -0.3 is 15.4 Å². The minimum atomic E-state index is -0.205. The summed E-state index contributed by atoms with van der Waals surface area (Å²) in [4.78, 5) is 32.5. The van der Waals surface area contributed by atoms with Crippen LogP contribution in [0, 0.1) is 6.92 Å². The molecule has 164 valence electrons. The first kappa shape index (κ1) is 22.1. The molecule has 0 radical (unpaired) electrons. The van der Waals surface area contributed by atoms with E-state index < -0.39 is 0 Å². The first-order valence-corrected chi connectivity index (χ1v) is 12.9. The van der Waals surface area contributed by atoms with E-state index in [1.54, 1.807) is 18.4 Å². The van der Waals surface area contributed by atoms with Crippen LogP contribution in [0.3, 0.4) is 0 Å². The van der Waals surface area contributed by atoms with Gasteiger partial charge in [0.1, 0.15) is 14.9 Å². The summed E-state index contributed by atoms with van der Waals surface area (Å²) in [5.74, 6) is -0.325. The van der Waals surface area contributed by atoms with Gasteiger partial charge in [0.15, 0.2) is 0 Å². The van der Waals surface area contributed by atoms with Crippen molar-refractivity contribution in [2.75, 3.05) is 25.6 Å². The van der Waals surface area contributed by atoms with Gasteiger partial charge in [-0.2, -0.15) is 11.3 Å². The van der Waals surface area contributed by atoms with Crippen molar-refractivity contribution in [1.29, 1.82) is 0 Å². The Bertz CT molecular complexity index is 1070. The predicted octanol–water partition coefficient (Wildman–Crippen LogP) is 5.14. The fourth-order valence-electron chi connectivity index (χ4n) is 3.68. The molecule has 3 heterocycles. The van der Waals surface area contributed by atoms with E-state index in [1.165, 1.54) is 27.6 Å². The van der Waals surface area contributed by atoms with Crippen molar-refractivity contribution in [3.8, 4) is 10.6 Å². The third-order valence-electron chi connectivity index (χ3n) is 5.21. The SMILES string of the molecule is COCCCNC(=O)c1c(NC(=O)c2sc(-c3ccsc3)nc2C)sc2c1CCCC2. The Morgan fingerprint density at radius 3 is 2.81 bits per heavy atom. The Hall–Kier alpha value is -2.07. The van der Waals surface area contributed by atoms with Gasteiger partial charge in [0.25, 0.3) is 11.8 Å². The third kappa shape index (κ3) is 4.90. The van der Waals surface area contributed by atoms with E-state index in [9.17, 15) is 9.59 Å². The van der Waals surface area contributed by atoms with E-state index in [2.05, 4.69) is 15.6 Å². The highest BCUT2D eigenvalue weighted by molar-refractivity contribution is 7.18. The first-order valence-electron chi connectivity index (χ1n) is 10.3. The molecule has 0 saturated heterocycles. The maximum Gasteiger partial charge on any atom is 0.268 e. The molecule has 0 saturated carbocycles. The van der Waals surface area contributed by atoms with E-state index >= 15 is 0 Å². The first-order chi connectivity index (χ1) is 15.1. The van der Waals surface area contributed by atoms with Crippen molar-refractivity contribution in [3.05, 3.63) is 43.4 Å². The van der Waals surface area contributed by atoms with Crippen LogP contribution in [0.15, 0.2) is 16.8 Å². The van der Waals surface area contributed by atoms with Gasteiger partial charge in [0.05, 0.1) is 11.3 Å². The monoisotopic (exact) mass is 475 g/mol. The van der Waals surface area contributed by atoms with Crippen LogP contribution in [0.25, 0.3) is 10.6 Å². The smallest absolute Gasteiger partial charge is 0.268 e. The minimum Gasteiger partial charge on any atom is -0.385 e. The van der Waals surface area contributed by atoms with Crippen molar-refractivity contribution in [3.63, 3.8) is 0 Å². The number of thiazole rings is 1. The van der Waals surface area contributed by atoms with Crippen molar-refractivity contribution in [2.45, 2.75) is 39.0 Å². The molecule has 0 aromatic carbocycles. The lowest BCUT2D eigenvalue weighted by molar-refractivity contribution is 0.0948. The van der Waals surface area contributed by atoms with E-state index in [0.29, 0.717) is 34.3 Å². The van der Waals surface area contributed by atoms with E-state index in [1.807, 2.05) is 23.8 Å². The lowest BCUT2D eigenvalue weighted by atomic mass is 9.95. The average Bonchev–Trinajstić information content (AvgIpc) is 3.49. The number of fused-ring (bicyclic) bond motifs is 1. The highest BCUT2D eigenvalue weighted by Gasteiger charge is 2.27. The molecule has 1 aliphatic rings. The Kier molecular flexibility index (Phi) is 7.16. The summed E-state index contributed by atoms with van der Waals surface area (Å²) in [6.45, 7) is 3.00. The van der Waals surface area contributed by atoms with Crippen LogP contribution in [-0.4, -0.2) is 37.1 Å². The number of ether oxygens (including phenoxy) is 1. The summed E-state index contributed by atoms with van der Waals surface area (Å²) in [5, 5.41) is 11.5. The molecule has 31 heavy (non-hydrogen) atoms. The van der Waals surface area contributed by atoms with Crippen molar-refractivity contribution >= 4 is 50.8 Å². The number of nitrogens with zero attached hydrogens (tertiary/aromatic N) is 1. The largest absolute Gasteiger partial charge is 0.385 e. The molecule has 0 atom stereocenters. The normalized spacial score (nSPS) is 13.1. The van der Waals surface area contributed by atoms with Gasteiger partial charge in [-0.25, -0.2) is 4.98 Å². The predicted molar refractivity (Wildman–Crippen MR) is 128 cm³/mol. The van der Waals surface area contributed by atoms with Crippen LogP contribution >= 0.6 is 34.0 Å². The number of carbonyl (C=O) groups is 2. The number of aromatic nitrogens is 1. The zero-order valence-electron chi connectivity index (χ0n) is 17.6. The molecule has 0 fully saturated rings. The number of anilines is 1. The second kappa shape index (κ2) is 10.0. The number of hydrogen-bond acceptors (Lipinski definition) is 7. The average molecular weight is 476 g/mol. The van der Waals surface area contributed by atoms with Gasteiger partial charge in [0.2, 0.25) is 0 Å². The second-order valence-corrected chi connectivity index (χ2v) is 10.3. The van der Waals surface area contributed by atoms with Gasteiger partial charge >= 0.3 is 0 Å². The Morgan fingerprint density at radius 1 is 1.19 bits per heavy atom. The van der Waals surface area contributed by atoms with Gasteiger partial charge in [-0.05, 0) is 56.0 Å². The topological polar surface area (TPSA) is 80.3 Å². The number of methoxy groups -OCH3 is 1. The molecule has 0 spiro atoms. The number of hydrogen-bond donors (Lipinski definition) is 2. The minimum absolute atomic E-state index is 0.120. The van der Waals surface area contributed by atoms with Crippen LogP contribution in [0.5, 0.6) is 0 Å². The van der Waals surface area contributed by atoms with Gasteiger partial charge in [-0.1, -0.05) is 0 Å². The molecule has 2 amide bonds. The van der Waals surface area contributed by atoms with E-state index in [0.717, 1.165) is 48.2 Å². The highest BCUT2D eigenvalue weighted by atomic mass is 32.1. The molecule has 0 aliphatic heterocycles. The van der Waals surface area contributed by atoms with Crippen LogP contribution < -0.4 is 10.6 Å². The Morgan fingerprint density at radius 2 is 2.03 bits per heavy atom. The molecular formula is C22H25N3O3S3. The molecule has 3 aromatic rings. The molecule has 4 rings (SSSR count). The quantitative estimate of drug-likeness (QED) is 0.442. The van der Waals surface area contributed by atoms with Crippen LogP contribution in [0.2, 0.25) is 0 Å². The standard InChI is InChI=1S/C22H25N3O3S3/c1-13-18(31-21(24-13)14-8-11-29-12-14)20(27)25-22-17(19(26)23-9-5-10-28-2)15-6-3-4-7-16(15)30-22/h8,11-12H,3-7,9-10H2,1-2H3,(H,23,26)(H,25,27). The summed E-state index contributed by atoms with van der Waals surface area (Å²) < 4.78 is 5.06. The number of nitrogens with one attached hydrogen (secondary N) is 2. The number of carbonyl (C=O) groups excluding carboxylic acids is 2. The fourth-order valence-corrected chi connectivity index (χ4v) is 6.63. The number of rotatable bonds is 8. The summed E-state index contributed by atoms with van der Waals surface area (Å²) in [7, 11) is 1.65. The summed E-state index contributed by atoms with van der Waals surface area (Å²) >= 11 is 4.53. The molecule has 0 unspecified atom stereocenters. The van der Waals surface area contributed by atoms with E-state index in [-0.39, 0.29) is 11.8 Å². The van der Waals surface area contributed by atoms with Crippen LogP contribution in [0.1, 0.15) is 55.4 Å². The molecule has 0 bridgehead atoms. The summed E-state index contributed by atoms with van der Waals surface area (Å²) in [5.41, 5.74) is 3.46. The highest BCUT2D eigenvalue weighted by Crippen LogP contribution is 2.39. The maximum absolute atomic E-state index is 13.1. The fraction of sp³-hybridized carbons (Fsp3) is 0.409. The molecule has 3 aromatic heterocycles. The molecule has 1 aliphatic carbocycles. The number of thiophene rings is 2. The van der Waals surface area contributed by atoms with Crippen LogP contribution in [-0.2, 0) is 17.6 Å². The molecule has 9 heteroatoms. The second-order valence-electron chi connectivity index (χ2n) is 7.42. The lowest BCUT2D eigenvalue weighted by Gasteiger charge is -2.13. The van der Waals surface area contributed by atoms with Crippen molar-refractivity contribution in [2.24, 2.45) is 0 Å². The molecular weight excluding hydrogens is 450 g/mol.